The molecule has 0 spiro atoms. The zero-order chi connectivity index (χ0) is 27.5. The lowest BCUT2D eigenvalue weighted by Crippen LogP contribution is -2.33. The number of benzene rings is 4. The predicted molar refractivity (Wildman–Crippen MR) is 170 cm³/mol. The highest BCUT2D eigenvalue weighted by Gasteiger charge is 2.36. The van der Waals surface area contributed by atoms with Gasteiger partial charge in [0, 0.05) is 11.8 Å². The van der Waals surface area contributed by atoms with Crippen molar-refractivity contribution in [2.24, 2.45) is 13.0 Å². The molecule has 1 aliphatic heterocycles. The third-order valence-corrected chi connectivity index (χ3v) is 9.53. The van der Waals surface area contributed by atoms with Crippen molar-refractivity contribution in [2.45, 2.75) is 72.1 Å². The summed E-state index contributed by atoms with van der Waals surface area (Å²) < 4.78 is 2.36. The summed E-state index contributed by atoms with van der Waals surface area (Å²) in [7, 11) is 2.23. The Labute approximate surface area is 239 Å². The summed E-state index contributed by atoms with van der Waals surface area (Å²) in [5.41, 5.74) is 12.3. The number of aryl methyl sites for hydroxylation is 3. The Kier molecular flexibility index (Phi) is 6.18. The van der Waals surface area contributed by atoms with Crippen molar-refractivity contribution < 1.29 is 4.57 Å². The van der Waals surface area contributed by atoms with Crippen LogP contribution < -0.4 is 9.47 Å². The topological polar surface area (TPSA) is 7.12 Å². The number of para-hydroxylation sites is 1. The molecular formula is C38H41N2+. The van der Waals surface area contributed by atoms with Gasteiger partial charge in [0.2, 0.25) is 5.69 Å². The molecule has 2 heterocycles. The normalized spacial score (nSPS) is 15.3. The Morgan fingerprint density at radius 2 is 1.62 bits per heavy atom. The molecule has 0 amide bonds. The van der Waals surface area contributed by atoms with Crippen molar-refractivity contribution >= 4 is 38.6 Å². The first-order valence-electron chi connectivity index (χ1n) is 15.3. The summed E-state index contributed by atoms with van der Waals surface area (Å²) in [6.07, 6.45) is 10.1. The van der Waals surface area contributed by atoms with Gasteiger partial charge in [-0.2, -0.15) is 0 Å². The van der Waals surface area contributed by atoms with Crippen LogP contribution in [-0.2, 0) is 13.5 Å². The van der Waals surface area contributed by atoms with Gasteiger partial charge in [0.15, 0.2) is 6.20 Å². The fourth-order valence-electron chi connectivity index (χ4n) is 7.64. The van der Waals surface area contributed by atoms with E-state index >= 15 is 0 Å². The molecule has 2 aliphatic rings. The highest BCUT2D eigenvalue weighted by Crippen LogP contribution is 2.55. The van der Waals surface area contributed by atoms with Crippen molar-refractivity contribution in [2.75, 3.05) is 4.90 Å². The van der Waals surface area contributed by atoms with E-state index in [-0.39, 0.29) is 0 Å². The standard InChI is InChI=1S/C38H41N2/c1-24(2)20-27-16-17-32-26(4)37-35(25(3)33(32)21-27)38-36-29(18-19-39(38)5)22-30(28-12-8-6-9-13-28)23-34(36)40(37)31-14-10-7-11-15-31/h7,10-11,14-19,21-24,28H,6,8-9,12-13,20H2,1-5H3/q+1. The second kappa shape index (κ2) is 9.77. The van der Waals surface area contributed by atoms with Gasteiger partial charge in [0.05, 0.1) is 22.3 Å². The average Bonchev–Trinajstić information content (AvgIpc) is 2.97. The number of hydrogen-bond donors (Lipinski definition) is 0. The summed E-state index contributed by atoms with van der Waals surface area (Å²) in [6.45, 7) is 9.32. The molecule has 2 heteroatoms. The molecule has 1 saturated carbocycles. The third-order valence-electron chi connectivity index (χ3n) is 9.53. The van der Waals surface area contributed by atoms with Crippen molar-refractivity contribution in [1.82, 2.24) is 0 Å². The molecule has 7 rings (SSSR count). The zero-order valence-electron chi connectivity index (χ0n) is 24.7. The molecule has 4 aromatic carbocycles. The Bertz CT molecular complexity index is 1760. The number of fused-ring (bicyclic) bond motifs is 3. The van der Waals surface area contributed by atoms with E-state index in [0.29, 0.717) is 11.8 Å². The highest BCUT2D eigenvalue weighted by atomic mass is 15.2. The number of nitrogens with zero attached hydrogens (tertiary/aromatic N) is 2. The van der Waals surface area contributed by atoms with Crippen LogP contribution in [-0.4, -0.2) is 0 Å². The van der Waals surface area contributed by atoms with Gasteiger partial charge in [-0.05, 0) is 102 Å². The molecule has 1 aliphatic carbocycles. The second-order valence-electron chi connectivity index (χ2n) is 12.7. The van der Waals surface area contributed by atoms with Crippen molar-refractivity contribution in [3.05, 3.63) is 95.2 Å². The van der Waals surface area contributed by atoms with Crippen LogP contribution in [0, 0.1) is 19.8 Å². The Hall–Kier alpha value is -3.65. The minimum Gasteiger partial charge on any atom is -0.308 e. The van der Waals surface area contributed by atoms with Crippen LogP contribution >= 0.6 is 0 Å². The van der Waals surface area contributed by atoms with Gasteiger partial charge in [-0.15, -0.1) is 0 Å². The van der Waals surface area contributed by atoms with E-state index < -0.39 is 0 Å². The molecule has 0 N–H and O–H groups in total. The van der Waals surface area contributed by atoms with E-state index in [1.165, 1.54) is 104 Å². The van der Waals surface area contributed by atoms with Crippen LogP contribution in [0.3, 0.4) is 0 Å². The Morgan fingerprint density at radius 1 is 0.850 bits per heavy atom. The smallest absolute Gasteiger partial charge is 0.224 e. The van der Waals surface area contributed by atoms with Gasteiger partial charge in [-0.1, -0.05) is 75.6 Å². The zero-order valence-corrected chi connectivity index (χ0v) is 24.7. The number of pyridine rings is 1. The first-order valence-corrected chi connectivity index (χ1v) is 15.3. The highest BCUT2D eigenvalue weighted by molar-refractivity contribution is 6.16. The molecule has 5 aromatic rings. The molecular weight excluding hydrogens is 484 g/mol. The van der Waals surface area contributed by atoms with Crippen LogP contribution in [0.15, 0.2) is 72.9 Å². The first-order chi connectivity index (χ1) is 19.4. The molecule has 1 fully saturated rings. The van der Waals surface area contributed by atoms with Crippen molar-refractivity contribution in [3.8, 4) is 11.3 Å². The van der Waals surface area contributed by atoms with Crippen LogP contribution in [0.5, 0.6) is 0 Å². The lowest BCUT2D eigenvalue weighted by Gasteiger charge is -2.36. The summed E-state index contributed by atoms with van der Waals surface area (Å²) >= 11 is 0. The van der Waals surface area contributed by atoms with Crippen molar-refractivity contribution in [3.63, 3.8) is 0 Å². The fraction of sp³-hybridized carbons (Fsp3) is 0.342. The molecule has 40 heavy (non-hydrogen) atoms. The summed E-state index contributed by atoms with van der Waals surface area (Å²) in [6, 6.07) is 25.6. The van der Waals surface area contributed by atoms with Crippen LogP contribution in [0.4, 0.5) is 17.1 Å². The third kappa shape index (κ3) is 3.95. The van der Waals surface area contributed by atoms with Crippen molar-refractivity contribution in [1.29, 1.82) is 0 Å². The van der Waals surface area contributed by atoms with Gasteiger partial charge in [0.1, 0.15) is 7.05 Å². The monoisotopic (exact) mass is 525 g/mol. The van der Waals surface area contributed by atoms with E-state index in [1.807, 2.05) is 0 Å². The van der Waals surface area contributed by atoms with Gasteiger partial charge in [0.25, 0.3) is 0 Å². The van der Waals surface area contributed by atoms with Gasteiger partial charge in [-0.3, -0.25) is 0 Å². The molecule has 202 valence electrons. The first kappa shape index (κ1) is 25.3. The van der Waals surface area contributed by atoms with Crippen LogP contribution in [0.25, 0.3) is 32.8 Å². The van der Waals surface area contributed by atoms with Gasteiger partial charge < -0.3 is 4.90 Å². The summed E-state index contributed by atoms with van der Waals surface area (Å²) in [4.78, 5) is 2.58. The predicted octanol–water partition coefficient (Wildman–Crippen LogP) is 10.1. The maximum absolute atomic E-state index is 2.58. The maximum Gasteiger partial charge on any atom is 0.224 e. The summed E-state index contributed by atoms with van der Waals surface area (Å²) in [5.74, 6) is 1.30. The number of rotatable bonds is 4. The molecule has 0 saturated heterocycles. The van der Waals surface area contributed by atoms with Gasteiger partial charge >= 0.3 is 0 Å². The minimum absolute atomic E-state index is 0.641. The quantitative estimate of drug-likeness (QED) is 0.208. The number of anilines is 3. The SMILES string of the molecule is Cc1c2c(c(C)c3ccc(CC(C)C)cc13)N(c1ccccc1)c1cc(C3CCCCC3)cc3cc[n+](C)c-2c13. The van der Waals surface area contributed by atoms with Gasteiger partial charge in [-0.25, -0.2) is 4.57 Å². The summed E-state index contributed by atoms with van der Waals surface area (Å²) in [5, 5.41) is 5.50. The minimum atomic E-state index is 0.641. The maximum atomic E-state index is 2.58. The number of hydrogen-bond acceptors (Lipinski definition) is 1. The van der Waals surface area contributed by atoms with E-state index in [9.17, 15) is 0 Å². The molecule has 2 nitrogen and oxygen atoms in total. The molecule has 0 atom stereocenters. The van der Waals surface area contributed by atoms with Crippen LogP contribution in [0.1, 0.15) is 74.1 Å². The lowest BCUT2D eigenvalue weighted by molar-refractivity contribution is -0.659. The fourth-order valence-corrected chi connectivity index (χ4v) is 7.64. The molecule has 0 radical (unpaired) electrons. The Morgan fingerprint density at radius 3 is 2.38 bits per heavy atom. The van der Waals surface area contributed by atoms with E-state index in [2.05, 4.69) is 117 Å². The van der Waals surface area contributed by atoms with E-state index in [1.54, 1.807) is 0 Å². The average molecular weight is 526 g/mol. The van der Waals surface area contributed by atoms with E-state index in [0.717, 1.165) is 6.42 Å². The second-order valence-corrected chi connectivity index (χ2v) is 12.7. The Balaban J connectivity index is 1.60. The number of aromatic nitrogens is 1. The molecule has 0 unspecified atom stereocenters. The molecule has 1 aromatic heterocycles. The largest absolute Gasteiger partial charge is 0.308 e. The van der Waals surface area contributed by atoms with E-state index in [4.69, 9.17) is 0 Å². The van der Waals surface area contributed by atoms with Crippen LogP contribution in [0.2, 0.25) is 0 Å². The molecule has 0 bridgehead atoms. The lowest BCUT2D eigenvalue weighted by atomic mass is 9.81.